The minimum atomic E-state index is -3.55. The van der Waals surface area contributed by atoms with Crippen LogP contribution in [-0.2, 0) is 22.9 Å². The Balaban J connectivity index is 1.62. The van der Waals surface area contributed by atoms with Gasteiger partial charge in [0.1, 0.15) is 11.0 Å². The van der Waals surface area contributed by atoms with E-state index in [1.165, 1.54) is 5.56 Å². The summed E-state index contributed by atoms with van der Waals surface area (Å²) in [6.07, 6.45) is 2.90. The molecule has 0 aliphatic heterocycles. The zero-order valence-corrected chi connectivity index (χ0v) is 19.4. The number of hydrogen-bond donors (Lipinski definition) is 1. The van der Waals surface area contributed by atoms with E-state index in [4.69, 9.17) is 8.83 Å². The first-order chi connectivity index (χ1) is 15.8. The van der Waals surface area contributed by atoms with Crippen molar-refractivity contribution < 1.29 is 17.3 Å². The fourth-order valence-corrected chi connectivity index (χ4v) is 4.34. The summed E-state index contributed by atoms with van der Waals surface area (Å²) < 4.78 is 38.6. The standard InChI is InChI=1S/C25H23N3O4S/c1-4-15-6-10-22-20(12-15)26-24(31-22)17-8-9-18(19(14-17)28-33(3,29)30)25-27-21-13-16(5-2)7-11-23(21)32-25/h6-14,28H,4-5H2,1-3H3. The highest BCUT2D eigenvalue weighted by Crippen LogP contribution is 2.35. The summed E-state index contributed by atoms with van der Waals surface area (Å²) in [4.78, 5) is 9.20. The summed E-state index contributed by atoms with van der Waals surface area (Å²) in [5.74, 6) is 0.743. The van der Waals surface area contributed by atoms with Gasteiger partial charge in [-0.1, -0.05) is 26.0 Å². The Bertz CT molecular complexity index is 1600. The number of fused-ring (bicyclic) bond motifs is 2. The second-order valence-corrected chi connectivity index (χ2v) is 9.73. The third-order valence-electron chi connectivity index (χ3n) is 5.51. The lowest BCUT2D eigenvalue weighted by atomic mass is 10.1. The molecule has 168 valence electrons. The highest BCUT2D eigenvalue weighted by atomic mass is 32.2. The molecule has 0 spiro atoms. The maximum atomic E-state index is 12.1. The lowest BCUT2D eigenvalue weighted by Gasteiger charge is -2.09. The van der Waals surface area contributed by atoms with Crippen LogP contribution >= 0.6 is 0 Å². The number of aromatic nitrogens is 2. The second kappa shape index (κ2) is 8.04. The fraction of sp³-hybridized carbons (Fsp3) is 0.200. The molecule has 0 fully saturated rings. The summed E-state index contributed by atoms with van der Waals surface area (Å²) >= 11 is 0. The molecule has 1 N–H and O–H groups in total. The summed E-state index contributed by atoms with van der Waals surface area (Å²) in [6.45, 7) is 4.16. The normalized spacial score (nSPS) is 12.0. The van der Waals surface area contributed by atoms with Crippen molar-refractivity contribution in [1.29, 1.82) is 0 Å². The minimum absolute atomic E-state index is 0.334. The minimum Gasteiger partial charge on any atom is -0.436 e. The van der Waals surface area contributed by atoms with Gasteiger partial charge in [-0.3, -0.25) is 4.72 Å². The Morgan fingerprint density at radius 2 is 1.36 bits per heavy atom. The van der Waals surface area contributed by atoms with Crippen molar-refractivity contribution in [3.8, 4) is 22.9 Å². The molecule has 0 radical (unpaired) electrons. The molecule has 8 heteroatoms. The zero-order valence-electron chi connectivity index (χ0n) is 18.5. The summed E-state index contributed by atoms with van der Waals surface area (Å²) in [7, 11) is -3.55. The predicted octanol–water partition coefficient (Wildman–Crippen LogP) is 5.80. The lowest BCUT2D eigenvalue weighted by molar-refractivity contribution is 0.606. The molecule has 2 aromatic heterocycles. The Hall–Kier alpha value is -3.65. The zero-order chi connectivity index (χ0) is 23.2. The number of nitrogens with one attached hydrogen (secondary N) is 1. The molecule has 3 aromatic carbocycles. The number of anilines is 1. The summed E-state index contributed by atoms with van der Waals surface area (Å²) in [6, 6.07) is 17.0. The molecule has 7 nitrogen and oxygen atoms in total. The van der Waals surface area contributed by atoms with Crippen LogP contribution in [0.25, 0.3) is 45.1 Å². The smallest absolute Gasteiger partial charge is 0.229 e. The van der Waals surface area contributed by atoms with E-state index in [2.05, 4.69) is 28.5 Å². The van der Waals surface area contributed by atoms with Gasteiger partial charge in [0.05, 0.1) is 17.5 Å². The van der Waals surface area contributed by atoms with Crippen LogP contribution in [0.2, 0.25) is 0 Å². The van der Waals surface area contributed by atoms with E-state index in [0.29, 0.717) is 39.8 Å². The molecule has 0 bridgehead atoms. The molecule has 33 heavy (non-hydrogen) atoms. The van der Waals surface area contributed by atoms with Gasteiger partial charge in [0.2, 0.25) is 21.8 Å². The largest absolute Gasteiger partial charge is 0.436 e. The molecular formula is C25H23N3O4S. The van der Waals surface area contributed by atoms with E-state index in [-0.39, 0.29) is 0 Å². The number of oxazole rings is 2. The van der Waals surface area contributed by atoms with Gasteiger partial charge in [0, 0.05) is 5.56 Å². The SMILES string of the molecule is CCc1ccc2oc(-c3ccc(-c4nc5cc(CC)ccc5o4)c(NS(C)(=O)=O)c3)nc2c1. The van der Waals surface area contributed by atoms with Crippen molar-refractivity contribution in [2.75, 3.05) is 11.0 Å². The summed E-state index contributed by atoms with van der Waals surface area (Å²) in [5.41, 5.74) is 6.63. The highest BCUT2D eigenvalue weighted by Gasteiger charge is 2.18. The summed E-state index contributed by atoms with van der Waals surface area (Å²) in [5, 5.41) is 0. The third-order valence-corrected chi connectivity index (χ3v) is 6.10. The van der Waals surface area contributed by atoms with E-state index in [9.17, 15) is 8.42 Å². The van der Waals surface area contributed by atoms with Gasteiger partial charge in [0.25, 0.3) is 0 Å². The number of rotatable bonds is 6. The lowest BCUT2D eigenvalue weighted by Crippen LogP contribution is -2.10. The predicted molar refractivity (Wildman–Crippen MR) is 130 cm³/mol. The van der Waals surface area contributed by atoms with Crippen LogP contribution < -0.4 is 4.72 Å². The maximum absolute atomic E-state index is 12.1. The number of aryl methyl sites for hydroxylation is 2. The van der Waals surface area contributed by atoms with E-state index in [0.717, 1.165) is 35.7 Å². The maximum Gasteiger partial charge on any atom is 0.229 e. The number of sulfonamides is 1. The molecule has 0 saturated carbocycles. The van der Waals surface area contributed by atoms with Gasteiger partial charge in [-0.25, -0.2) is 18.4 Å². The average Bonchev–Trinajstić information content (AvgIpc) is 3.40. The highest BCUT2D eigenvalue weighted by molar-refractivity contribution is 7.92. The Morgan fingerprint density at radius 1 is 0.788 bits per heavy atom. The molecule has 2 heterocycles. The van der Waals surface area contributed by atoms with Gasteiger partial charge < -0.3 is 8.83 Å². The first-order valence-corrected chi connectivity index (χ1v) is 12.6. The average molecular weight is 462 g/mol. The first-order valence-electron chi connectivity index (χ1n) is 10.7. The van der Waals surface area contributed by atoms with Crippen LogP contribution in [0, 0.1) is 0 Å². The molecule has 0 atom stereocenters. The second-order valence-electron chi connectivity index (χ2n) is 7.98. The van der Waals surface area contributed by atoms with Crippen LogP contribution in [0.5, 0.6) is 0 Å². The molecule has 0 aliphatic rings. The van der Waals surface area contributed by atoms with Crippen molar-refractivity contribution in [2.45, 2.75) is 26.7 Å². The Morgan fingerprint density at radius 3 is 1.94 bits per heavy atom. The first kappa shape index (κ1) is 21.2. The molecule has 5 aromatic rings. The molecular weight excluding hydrogens is 438 g/mol. The van der Waals surface area contributed by atoms with Crippen molar-refractivity contribution >= 4 is 37.9 Å². The van der Waals surface area contributed by atoms with E-state index in [1.807, 2.05) is 42.5 Å². The third kappa shape index (κ3) is 4.21. The van der Waals surface area contributed by atoms with Crippen molar-refractivity contribution in [2.24, 2.45) is 0 Å². The fourth-order valence-electron chi connectivity index (χ4n) is 3.77. The van der Waals surface area contributed by atoms with Gasteiger partial charge >= 0.3 is 0 Å². The molecule has 0 unspecified atom stereocenters. The number of hydrogen-bond acceptors (Lipinski definition) is 6. The number of nitrogens with zero attached hydrogens (tertiary/aromatic N) is 2. The topological polar surface area (TPSA) is 98.2 Å². The quantitative estimate of drug-likeness (QED) is 0.343. The van der Waals surface area contributed by atoms with Gasteiger partial charge in [-0.2, -0.15) is 0 Å². The molecule has 0 amide bonds. The Labute approximate surface area is 191 Å². The van der Waals surface area contributed by atoms with Gasteiger partial charge in [-0.05, 0) is 66.4 Å². The molecule has 5 rings (SSSR count). The number of benzene rings is 3. The van der Waals surface area contributed by atoms with E-state index >= 15 is 0 Å². The van der Waals surface area contributed by atoms with Crippen LogP contribution in [0.15, 0.2) is 63.4 Å². The van der Waals surface area contributed by atoms with Gasteiger partial charge in [0.15, 0.2) is 11.2 Å². The van der Waals surface area contributed by atoms with Crippen molar-refractivity contribution in [1.82, 2.24) is 9.97 Å². The van der Waals surface area contributed by atoms with Crippen LogP contribution in [0.4, 0.5) is 5.69 Å². The van der Waals surface area contributed by atoms with Crippen molar-refractivity contribution in [3.63, 3.8) is 0 Å². The van der Waals surface area contributed by atoms with Crippen molar-refractivity contribution in [3.05, 3.63) is 65.7 Å². The van der Waals surface area contributed by atoms with E-state index < -0.39 is 10.0 Å². The Kier molecular flexibility index (Phi) is 5.17. The molecule has 0 aliphatic carbocycles. The van der Waals surface area contributed by atoms with Crippen LogP contribution in [-0.4, -0.2) is 24.6 Å². The van der Waals surface area contributed by atoms with E-state index in [1.54, 1.807) is 12.1 Å². The monoisotopic (exact) mass is 461 g/mol. The van der Waals surface area contributed by atoms with Crippen LogP contribution in [0.3, 0.4) is 0 Å². The molecule has 0 saturated heterocycles. The van der Waals surface area contributed by atoms with Gasteiger partial charge in [-0.15, -0.1) is 0 Å². The van der Waals surface area contributed by atoms with Crippen LogP contribution in [0.1, 0.15) is 25.0 Å².